The molecule has 5 rings (SSSR count). The molecule has 0 N–H and O–H groups in total. The zero-order valence-electron chi connectivity index (χ0n) is 16.8. The van der Waals surface area contributed by atoms with Gasteiger partial charge in [-0.2, -0.15) is 23.3 Å². The number of nitrogens with zero attached hydrogens (tertiary/aromatic N) is 4. The average Bonchev–Trinajstić information content (AvgIpc) is 3.45. The van der Waals surface area contributed by atoms with E-state index in [1.54, 1.807) is 13.2 Å². The van der Waals surface area contributed by atoms with E-state index < -0.39 is 11.7 Å². The number of hydrogen-bond acceptors (Lipinski definition) is 6. The normalized spacial score (nSPS) is 16.1. The summed E-state index contributed by atoms with van der Waals surface area (Å²) in [5.74, 6) is 0.948. The minimum absolute atomic E-state index is 0.0597. The summed E-state index contributed by atoms with van der Waals surface area (Å²) in [6.45, 7) is 0.842. The number of aromatic nitrogens is 4. The Kier molecular flexibility index (Phi) is 4.93. The second-order valence-electron chi connectivity index (χ2n) is 7.28. The molecule has 0 bridgehead atoms. The Hall–Kier alpha value is -3.66. The quantitative estimate of drug-likeness (QED) is 0.448. The van der Waals surface area contributed by atoms with Crippen LogP contribution < -0.4 is 4.74 Å². The van der Waals surface area contributed by atoms with E-state index in [-0.39, 0.29) is 23.4 Å². The standard InChI is InChI=1S/C22H17F3N4O3/c1-30-17-7-5-13(6-8-17)19-11-29-16(12-31-19)10-18(27-29)21-26-20(28-32-21)14-3-2-4-15(9-14)22(23,24)25/h2-10,19H,11-12H2,1H3/t19-/m1/s1. The first-order valence-corrected chi connectivity index (χ1v) is 9.75. The molecule has 32 heavy (non-hydrogen) atoms. The minimum Gasteiger partial charge on any atom is -0.497 e. The first kappa shape index (κ1) is 20.3. The van der Waals surface area contributed by atoms with E-state index in [1.807, 2.05) is 28.9 Å². The van der Waals surface area contributed by atoms with Crippen LogP contribution in [0.1, 0.15) is 22.9 Å². The molecule has 0 amide bonds. The van der Waals surface area contributed by atoms with Crippen LogP contribution in [0.2, 0.25) is 0 Å². The average molecular weight is 442 g/mol. The van der Waals surface area contributed by atoms with Crippen LogP contribution in [0.4, 0.5) is 13.2 Å². The van der Waals surface area contributed by atoms with Gasteiger partial charge >= 0.3 is 6.18 Å². The van der Waals surface area contributed by atoms with E-state index in [0.717, 1.165) is 29.1 Å². The maximum Gasteiger partial charge on any atom is 0.416 e. The van der Waals surface area contributed by atoms with Crippen LogP contribution in [0.5, 0.6) is 5.75 Å². The Balaban J connectivity index is 1.37. The van der Waals surface area contributed by atoms with E-state index in [0.29, 0.717) is 18.8 Å². The monoisotopic (exact) mass is 442 g/mol. The number of alkyl halides is 3. The zero-order valence-corrected chi connectivity index (χ0v) is 16.8. The third kappa shape index (κ3) is 3.84. The summed E-state index contributed by atoms with van der Waals surface area (Å²) in [6.07, 6.45) is -4.63. The molecule has 2 aromatic carbocycles. The third-order valence-electron chi connectivity index (χ3n) is 5.22. The summed E-state index contributed by atoms with van der Waals surface area (Å²) >= 11 is 0. The number of halogens is 3. The van der Waals surface area contributed by atoms with Crippen LogP contribution in [0.3, 0.4) is 0 Å². The van der Waals surface area contributed by atoms with E-state index >= 15 is 0 Å². The maximum absolute atomic E-state index is 13.0. The first-order valence-electron chi connectivity index (χ1n) is 9.75. The van der Waals surface area contributed by atoms with Crippen molar-refractivity contribution in [2.75, 3.05) is 7.11 Å². The number of methoxy groups -OCH3 is 1. The lowest BCUT2D eigenvalue weighted by atomic mass is 10.1. The molecule has 0 radical (unpaired) electrons. The molecule has 10 heteroatoms. The molecule has 0 saturated heterocycles. The van der Waals surface area contributed by atoms with Crippen LogP contribution in [0.25, 0.3) is 23.0 Å². The Labute approximate surface area is 180 Å². The van der Waals surface area contributed by atoms with Crippen molar-refractivity contribution >= 4 is 0 Å². The van der Waals surface area contributed by atoms with Gasteiger partial charge in [0.1, 0.15) is 11.9 Å². The fourth-order valence-corrected chi connectivity index (χ4v) is 3.53. The summed E-state index contributed by atoms with van der Waals surface area (Å²) in [5.41, 5.74) is 1.70. The van der Waals surface area contributed by atoms with Crippen molar-refractivity contribution in [2.24, 2.45) is 0 Å². The molecule has 164 valence electrons. The maximum atomic E-state index is 13.0. The fourth-order valence-electron chi connectivity index (χ4n) is 3.53. The Morgan fingerprint density at radius 3 is 2.66 bits per heavy atom. The van der Waals surface area contributed by atoms with Gasteiger partial charge < -0.3 is 14.0 Å². The van der Waals surface area contributed by atoms with Crippen molar-refractivity contribution in [3.63, 3.8) is 0 Å². The molecule has 0 saturated carbocycles. The number of fused-ring (bicyclic) bond motifs is 1. The number of hydrogen-bond donors (Lipinski definition) is 0. The number of benzene rings is 2. The van der Waals surface area contributed by atoms with E-state index in [2.05, 4.69) is 15.2 Å². The molecule has 0 spiro atoms. The molecule has 1 atom stereocenters. The first-order chi connectivity index (χ1) is 15.4. The van der Waals surface area contributed by atoms with Gasteiger partial charge in [-0.25, -0.2) is 0 Å². The Morgan fingerprint density at radius 1 is 1.09 bits per heavy atom. The van der Waals surface area contributed by atoms with Crippen LogP contribution in [-0.4, -0.2) is 27.0 Å². The van der Waals surface area contributed by atoms with Gasteiger partial charge in [0.2, 0.25) is 5.82 Å². The van der Waals surface area contributed by atoms with Crippen LogP contribution in [-0.2, 0) is 24.1 Å². The summed E-state index contributed by atoms with van der Waals surface area (Å²) in [4.78, 5) is 4.24. The molecule has 3 heterocycles. The van der Waals surface area contributed by atoms with Crippen LogP contribution in [0, 0.1) is 0 Å². The molecule has 2 aromatic heterocycles. The van der Waals surface area contributed by atoms with Gasteiger partial charge in [0.15, 0.2) is 5.69 Å². The second-order valence-corrected chi connectivity index (χ2v) is 7.28. The fraction of sp³-hybridized carbons (Fsp3) is 0.227. The van der Waals surface area contributed by atoms with E-state index in [9.17, 15) is 13.2 Å². The van der Waals surface area contributed by atoms with Gasteiger partial charge in [-0.15, -0.1) is 0 Å². The second kappa shape index (κ2) is 7.79. The Morgan fingerprint density at radius 2 is 1.91 bits per heavy atom. The van der Waals surface area contributed by atoms with Crippen molar-refractivity contribution in [1.82, 2.24) is 19.9 Å². The van der Waals surface area contributed by atoms with Gasteiger partial charge in [-0.1, -0.05) is 29.4 Å². The van der Waals surface area contributed by atoms with Gasteiger partial charge in [0.25, 0.3) is 5.89 Å². The smallest absolute Gasteiger partial charge is 0.416 e. The predicted octanol–water partition coefficient (Wildman–Crippen LogP) is 4.90. The highest BCUT2D eigenvalue weighted by Gasteiger charge is 2.31. The number of rotatable bonds is 4. The highest BCUT2D eigenvalue weighted by atomic mass is 19.4. The molecule has 7 nitrogen and oxygen atoms in total. The molecule has 0 fully saturated rings. The van der Waals surface area contributed by atoms with E-state index in [4.69, 9.17) is 14.0 Å². The lowest BCUT2D eigenvalue weighted by Gasteiger charge is -2.24. The van der Waals surface area contributed by atoms with Crippen molar-refractivity contribution < 1.29 is 27.2 Å². The van der Waals surface area contributed by atoms with Gasteiger partial charge in [-0.05, 0) is 35.9 Å². The SMILES string of the molecule is COc1ccc([C@H]2Cn3nc(-c4nc(-c5cccc(C(F)(F)F)c5)no4)cc3CO2)cc1. The highest BCUT2D eigenvalue weighted by Crippen LogP contribution is 2.33. The van der Waals surface area contributed by atoms with Gasteiger partial charge in [-0.3, -0.25) is 4.68 Å². The largest absolute Gasteiger partial charge is 0.497 e. The Bertz CT molecular complexity index is 1250. The predicted molar refractivity (Wildman–Crippen MR) is 106 cm³/mol. The molecular formula is C22H17F3N4O3. The molecular weight excluding hydrogens is 425 g/mol. The minimum atomic E-state index is -4.45. The van der Waals surface area contributed by atoms with Gasteiger partial charge in [0, 0.05) is 5.56 Å². The van der Waals surface area contributed by atoms with Crippen molar-refractivity contribution in [3.8, 4) is 28.7 Å². The lowest BCUT2D eigenvalue weighted by molar-refractivity contribution is -0.137. The molecule has 1 aliphatic heterocycles. The molecule has 1 aliphatic rings. The summed E-state index contributed by atoms with van der Waals surface area (Å²) in [7, 11) is 1.61. The van der Waals surface area contributed by atoms with Crippen molar-refractivity contribution in [1.29, 1.82) is 0 Å². The molecule has 4 aromatic rings. The van der Waals surface area contributed by atoms with E-state index in [1.165, 1.54) is 12.1 Å². The van der Waals surface area contributed by atoms with Crippen molar-refractivity contribution in [3.05, 3.63) is 71.4 Å². The zero-order chi connectivity index (χ0) is 22.3. The topological polar surface area (TPSA) is 75.2 Å². The molecule has 0 aliphatic carbocycles. The van der Waals surface area contributed by atoms with Crippen molar-refractivity contribution in [2.45, 2.75) is 25.4 Å². The highest BCUT2D eigenvalue weighted by molar-refractivity contribution is 5.59. The summed E-state index contributed by atoms with van der Waals surface area (Å²) in [6, 6.07) is 14.2. The third-order valence-corrected chi connectivity index (χ3v) is 5.22. The summed E-state index contributed by atoms with van der Waals surface area (Å²) in [5, 5.41) is 8.36. The number of ether oxygens (including phenoxy) is 2. The summed E-state index contributed by atoms with van der Waals surface area (Å²) < 4.78 is 57.2. The van der Waals surface area contributed by atoms with Crippen LogP contribution in [0.15, 0.2) is 59.1 Å². The molecule has 0 unspecified atom stereocenters. The van der Waals surface area contributed by atoms with Gasteiger partial charge in [0.05, 0.1) is 31.5 Å². The van der Waals surface area contributed by atoms with Crippen LogP contribution >= 0.6 is 0 Å². The lowest BCUT2D eigenvalue weighted by Crippen LogP contribution is -2.21.